The van der Waals surface area contributed by atoms with Gasteiger partial charge in [0.05, 0.1) is 20.1 Å². The van der Waals surface area contributed by atoms with Crippen molar-refractivity contribution in [3.63, 3.8) is 0 Å². The Hall–Kier alpha value is -1.90. The van der Waals surface area contributed by atoms with E-state index in [-0.39, 0.29) is 18.1 Å². The number of thiocarbonyl (C=S) groups is 1. The summed E-state index contributed by atoms with van der Waals surface area (Å²) in [5.74, 6) is 0.642. The minimum absolute atomic E-state index is 0.0888. The van der Waals surface area contributed by atoms with Crippen molar-refractivity contribution in [2.75, 3.05) is 32.1 Å². The number of hydrogen-bond acceptors (Lipinski definition) is 4. The number of hydrogen-bond donors (Lipinski definition) is 4. The van der Waals surface area contributed by atoms with Crippen LogP contribution in [0.1, 0.15) is 20.3 Å². The fourth-order valence-electron chi connectivity index (χ4n) is 2.94. The summed E-state index contributed by atoms with van der Waals surface area (Å²) in [4.78, 5) is 13.4. The van der Waals surface area contributed by atoms with Crippen molar-refractivity contribution in [2.24, 2.45) is 0 Å². The fraction of sp³-hybridized carbons (Fsp3) is 0.529. The Kier molecular flexibility index (Phi) is 7.42. The van der Waals surface area contributed by atoms with E-state index in [1.807, 2.05) is 24.3 Å². The SMILES string of the molecule is COc1cccc(NC(=S)NNC(=O)CC[NH+]2C[C@H](C)O[C@@H](C)C2)c1. The van der Waals surface area contributed by atoms with Crippen LogP contribution in [0, 0.1) is 0 Å². The summed E-state index contributed by atoms with van der Waals surface area (Å²) >= 11 is 5.17. The number of amides is 1. The van der Waals surface area contributed by atoms with Crippen LogP contribution in [0.4, 0.5) is 5.69 Å². The van der Waals surface area contributed by atoms with Crippen molar-refractivity contribution in [1.82, 2.24) is 10.9 Å². The minimum atomic E-state index is -0.0888. The molecule has 1 amide bonds. The number of anilines is 1. The lowest BCUT2D eigenvalue weighted by Crippen LogP contribution is -3.15. The highest BCUT2D eigenvalue weighted by molar-refractivity contribution is 7.80. The molecule has 1 fully saturated rings. The lowest BCUT2D eigenvalue weighted by Gasteiger charge is -2.32. The Morgan fingerprint density at radius 1 is 1.32 bits per heavy atom. The molecular weight excluding hydrogens is 340 g/mol. The normalized spacial score (nSPS) is 22.8. The van der Waals surface area contributed by atoms with Gasteiger partial charge in [-0.3, -0.25) is 15.6 Å². The summed E-state index contributed by atoms with van der Waals surface area (Å²) in [7, 11) is 1.61. The molecule has 1 aromatic rings. The monoisotopic (exact) mass is 367 g/mol. The van der Waals surface area contributed by atoms with Crippen molar-refractivity contribution in [1.29, 1.82) is 0 Å². The van der Waals surface area contributed by atoms with Crippen molar-refractivity contribution >= 4 is 28.9 Å². The molecule has 0 aliphatic carbocycles. The zero-order valence-corrected chi connectivity index (χ0v) is 15.7. The number of morpholine rings is 1. The first-order valence-corrected chi connectivity index (χ1v) is 8.86. The van der Waals surface area contributed by atoms with Crippen LogP contribution < -0.4 is 25.8 Å². The van der Waals surface area contributed by atoms with Gasteiger partial charge in [-0.1, -0.05) is 6.07 Å². The van der Waals surface area contributed by atoms with Crippen LogP contribution in [0.15, 0.2) is 24.3 Å². The summed E-state index contributed by atoms with van der Waals surface area (Å²) in [6, 6.07) is 7.39. The maximum atomic E-state index is 12.0. The Balaban J connectivity index is 1.67. The molecule has 1 heterocycles. The van der Waals surface area contributed by atoms with E-state index in [9.17, 15) is 4.79 Å². The lowest BCUT2D eigenvalue weighted by atomic mass is 10.2. The van der Waals surface area contributed by atoms with Gasteiger partial charge in [0.1, 0.15) is 31.0 Å². The molecule has 0 unspecified atom stereocenters. The van der Waals surface area contributed by atoms with E-state index in [2.05, 4.69) is 30.0 Å². The van der Waals surface area contributed by atoms with E-state index < -0.39 is 0 Å². The standard InChI is InChI=1S/C17H26N4O3S/c1-12-10-21(11-13(2)24-12)8-7-16(22)19-20-17(25)18-14-5-4-6-15(9-14)23-3/h4-6,9,12-13H,7-8,10-11H2,1-3H3,(H,19,22)(H2,18,20,25)/p+1/t12-,13-/m0/s1. The zero-order valence-electron chi connectivity index (χ0n) is 14.9. The summed E-state index contributed by atoms with van der Waals surface area (Å²) < 4.78 is 10.9. The molecule has 25 heavy (non-hydrogen) atoms. The number of methoxy groups -OCH3 is 1. The fourth-order valence-corrected chi connectivity index (χ4v) is 3.10. The van der Waals surface area contributed by atoms with Crippen molar-refractivity contribution in [3.8, 4) is 5.75 Å². The summed E-state index contributed by atoms with van der Waals surface area (Å²) in [6.07, 6.45) is 0.906. The maximum absolute atomic E-state index is 12.0. The second kappa shape index (κ2) is 9.55. The molecule has 7 nitrogen and oxygen atoms in total. The second-order valence-electron chi connectivity index (χ2n) is 6.27. The van der Waals surface area contributed by atoms with Gasteiger partial charge < -0.3 is 19.7 Å². The highest BCUT2D eigenvalue weighted by atomic mass is 32.1. The molecule has 0 saturated carbocycles. The number of quaternary nitrogens is 1. The van der Waals surface area contributed by atoms with Gasteiger partial charge in [0.25, 0.3) is 0 Å². The topological polar surface area (TPSA) is 76.1 Å². The van der Waals surface area contributed by atoms with Gasteiger partial charge in [-0.25, -0.2) is 0 Å². The number of rotatable bonds is 5. The van der Waals surface area contributed by atoms with Crippen LogP contribution in [0.25, 0.3) is 0 Å². The number of carbonyl (C=O) groups excluding carboxylic acids is 1. The van der Waals surface area contributed by atoms with Gasteiger partial charge in [-0.2, -0.15) is 0 Å². The van der Waals surface area contributed by atoms with Crippen LogP contribution in [0.2, 0.25) is 0 Å². The van der Waals surface area contributed by atoms with Crippen LogP contribution in [0.5, 0.6) is 5.75 Å². The van der Waals surface area contributed by atoms with Crippen LogP contribution in [-0.4, -0.2) is 50.0 Å². The Labute approximate surface area is 154 Å². The van der Waals surface area contributed by atoms with Crippen LogP contribution in [-0.2, 0) is 9.53 Å². The average molecular weight is 367 g/mol. The largest absolute Gasteiger partial charge is 0.497 e. The highest BCUT2D eigenvalue weighted by Gasteiger charge is 2.25. The van der Waals surface area contributed by atoms with Gasteiger partial charge >= 0.3 is 0 Å². The molecule has 2 rings (SSSR count). The Bertz CT molecular complexity index is 589. The third-order valence-corrected chi connectivity index (χ3v) is 4.17. The quantitative estimate of drug-likeness (QED) is 0.437. The third kappa shape index (κ3) is 6.85. The molecule has 0 spiro atoms. The van der Waals surface area contributed by atoms with E-state index >= 15 is 0 Å². The first kappa shape index (κ1) is 19.4. The smallest absolute Gasteiger partial charge is 0.244 e. The molecule has 1 aliphatic rings. The van der Waals surface area contributed by atoms with Gasteiger partial charge in [-0.05, 0) is 38.2 Å². The van der Waals surface area contributed by atoms with E-state index in [1.165, 1.54) is 4.90 Å². The van der Waals surface area contributed by atoms with E-state index in [0.717, 1.165) is 31.1 Å². The average Bonchev–Trinajstić information content (AvgIpc) is 2.57. The summed E-state index contributed by atoms with van der Waals surface area (Å²) in [5, 5.41) is 3.31. The maximum Gasteiger partial charge on any atom is 0.244 e. The van der Waals surface area contributed by atoms with Gasteiger partial charge in [-0.15, -0.1) is 0 Å². The van der Waals surface area contributed by atoms with Gasteiger partial charge in [0, 0.05) is 11.8 Å². The van der Waals surface area contributed by atoms with Crippen LogP contribution >= 0.6 is 12.2 Å². The molecule has 1 saturated heterocycles. The number of nitrogens with one attached hydrogen (secondary N) is 4. The van der Waals surface area contributed by atoms with Crippen molar-refractivity contribution < 1.29 is 19.2 Å². The van der Waals surface area contributed by atoms with E-state index in [4.69, 9.17) is 21.7 Å². The van der Waals surface area contributed by atoms with Gasteiger partial charge in [0.2, 0.25) is 5.91 Å². The molecule has 4 N–H and O–H groups in total. The first-order valence-electron chi connectivity index (χ1n) is 8.45. The molecule has 138 valence electrons. The van der Waals surface area contributed by atoms with Crippen LogP contribution in [0.3, 0.4) is 0 Å². The second-order valence-corrected chi connectivity index (χ2v) is 6.68. The number of ether oxygens (including phenoxy) is 2. The van der Waals surface area contributed by atoms with Crippen molar-refractivity contribution in [2.45, 2.75) is 32.5 Å². The third-order valence-electron chi connectivity index (χ3n) is 3.97. The highest BCUT2D eigenvalue weighted by Crippen LogP contribution is 2.16. The first-order chi connectivity index (χ1) is 12.0. The summed E-state index contributed by atoms with van der Waals surface area (Å²) in [6.45, 7) is 6.78. The van der Waals surface area contributed by atoms with Crippen molar-refractivity contribution in [3.05, 3.63) is 24.3 Å². The molecule has 8 heteroatoms. The Morgan fingerprint density at radius 3 is 2.72 bits per heavy atom. The molecule has 2 atom stereocenters. The number of carbonyl (C=O) groups is 1. The lowest BCUT2D eigenvalue weighted by molar-refractivity contribution is -0.914. The minimum Gasteiger partial charge on any atom is -0.497 e. The molecule has 0 radical (unpaired) electrons. The molecular formula is C17H27N4O3S+. The number of benzene rings is 1. The predicted octanol–water partition coefficient (Wildman–Crippen LogP) is 0.0950. The molecule has 1 aliphatic heterocycles. The van der Waals surface area contributed by atoms with E-state index in [1.54, 1.807) is 7.11 Å². The van der Waals surface area contributed by atoms with Gasteiger partial charge in [0.15, 0.2) is 5.11 Å². The van der Waals surface area contributed by atoms with E-state index in [0.29, 0.717) is 11.5 Å². The molecule has 0 bridgehead atoms. The number of hydrazine groups is 1. The summed E-state index contributed by atoms with van der Waals surface area (Å²) in [5.41, 5.74) is 6.13. The molecule has 1 aromatic carbocycles. The zero-order chi connectivity index (χ0) is 18.2. The Morgan fingerprint density at radius 2 is 2.04 bits per heavy atom. The predicted molar refractivity (Wildman–Crippen MR) is 101 cm³/mol. The molecule has 0 aromatic heterocycles.